The Kier molecular flexibility index (Phi) is 4.72. The minimum absolute atomic E-state index is 0.556. The van der Waals surface area contributed by atoms with Gasteiger partial charge in [0, 0.05) is 23.7 Å². The average Bonchev–Trinajstić information content (AvgIpc) is 3.14. The van der Waals surface area contributed by atoms with Gasteiger partial charge in [0.2, 0.25) is 0 Å². The molecule has 0 saturated heterocycles. The van der Waals surface area contributed by atoms with Gasteiger partial charge in [0.05, 0.1) is 12.2 Å². The van der Waals surface area contributed by atoms with Crippen LogP contribution in [0.4, 0.5) is 0 Å². The largest absolute Gasteiger partial charge is 0.353 e. The molecular weight excluding hydrogens is 340 g/mol. The number of fused-ring (bicyclic) bond motifs is 3. The summed E-state index contributed by atoms with van der Waals surface area (Å²) in [4.78, 5) is 3.76. The number of nitrogens with two attached hydrogens (primary N) is 1. The standard InChI is InChI=1S/C26H26N2/c1-3-8-19(9-4-1)16-17-27-25-13-7-12-22-23-18-21(20-10-5-2-6-11-20)14-15-24(23)28-26(22)25/h1-6,8-11,14-15,18,25,27-28H,7,12-13,16-17H2/p+1/t25-/m1/s1. The van der Waals surface area contributed by atoms with Crippen LogP contribution >= 0.6 is 0 Å². The first-order valence-electron chi connectivity index (χ1n) is 10.5. The molecule has 4 aromatic rings. The van der Waals surface area contributed by atoms with Gasteiger partial charge in [-0.15, -0.1) is 0 Å². The van der Waals surface area contributed by atoms with Gasteiger partial charge in [-0.05, 0) is 47.2 Å². The number of benzene rings is 3. The molecule has 0 bridgehead atoms. The summed E-state index contributed by atoms with van der Waals surface area (Å²) in [5.41, 5.74) is 8.32. The third kappa shape index (κ3) is 3.36. The average molecular weight is 368 g/mol. The Morgan fingerprint density at radius 3 is 2.46 bits per heavy atom. The second kappa shape index (κ2) is 7.65. The number of quaternary nitrogens is 1. The van der Waals surface area contributed by atoms with Crippen molar-refractivity contribution in [1.29, 1.82) is 0 Å². The maximum atomic E-state index is 3.76. The predicted molar refractivity (Wildman–Crippen MR) is 116 cm³/mol. The van der Waals surface area contributed by atoms with Crippen LogP contribution in [0, 0.1) is 0 Å². The fraction of sp³-hybridized carbons (Fsp3) is 0.231. The zero-order valence-corrected chi connectivity index (χ0v) is 16.2. The number of rotatable bonds is 5. The fourth-order valence-electron chi connectivity index (χ4n) is 4.64. The quantitative estimate of drug-likeness (QED) is 0.497. The lowest BCUT2D eigenvalue weighted by Crippen LogP contribution is -2.86. The van der Waals surface area contributed by atoms with Crippen molar-refractivity contribution in [2.75, 3.05) is 6.54 Å². The Bertz CT molecular complexity index is 1060. The van der Waals surface area contributed by atoms with Gasteiger partial charge >= 0.3 is 0 Å². The van der Waals surface area contributed by atoms with Crippen molar-refractivity contribution in [3.05, 3.63) is 95.7 Å². The summed E-state index contributed by atoms with van der Waals surface area (Å²) in [7, 11) is 0. The van der Waals surface area contributed by atoms with E-state index < -0.39 is 0 Å². The molecular formula is C26H27N2+. The number of aromatic amines is 1. The Labute approximate surface area is 166 Å². The van der Waals surface area contributed by atoms with Crippen molar-refractivity contribution in [1.82, 2.24) is 4.98 Å². The minimum Gasteiger partial charge on any atom is -0.353 e. The maximum absolute atomic E-state index is 3.76. The Hall–Kier alpha value is -2.84. The van der Waals surface area contributed by atoms with Crippen molar-refractivity contribution >= 4 is 10.9 Å². The molecule has 28 heavy (non-hydrogen) atoms. The molecule has 1 heterocycles. The number of H-pyrrole nitrogens is 1. The fourth-order valence-corrected chi connectivity index (χ4v) is 4.64. The summed E-state index contributed by atoms with van der Waals surface area (Å²) in [6.07, 6.45) is 4.86. The second-order valence-electron chi connectivity index (χ2n) is 7.90. The molecule has 1 aromatic heterocycles. The van der Waals surface area contributed by atoms with E-state index in [4.69, 9.17) is 0 Å². The third-order valence-corrected chi connectivity index (χ3v) is 6.09. The molecule has 3 aromatic carbocycles. The highest BCUT2D eigenvalue weighted by molar-refractivity contribution is 5.89. The smallest absolute Gasteiger partial charge is 0.127 e. The Morgan fingerprint density at radius 1 is 0.857 bits per heavy atom. The SMILES string of the molecule is c1ccc(CC[NH2+][C@@H]2CCCc3c2[nH]c2ccc(-c4ccccc4)cc32)cc1. The lowest BCUT2D eigenvalue weighted by atomic mass is 9.91. The van der Waals surface area contributed by atoms with Crippen molar-refractivity contribution in [3.8, 4) is 11.1 Å². The minimum atomic E-state index is 0.556. The lowest BCUT2D eigenvalue weighted by molar-refractivity contribution is -0.697. The number of nitrogens with one attached hydrogen (secondary N) is 1. The first-order valence-corrected chi connectivity index (χ1v) is 10.5. The van der Waals surface area contributed by atoms with E-state index in [-0.39, 0.29) is 0 Å². The highest BCUT2D eigenvalue weighted by Gasteiger charge is 2.26. The van der Waals surface area contributed by atoms with Gasteiger partial charge in [-0.2, -0.15) is 0 Å². The maximum Gasteiger partial charge on any atom is 0.127 e. The van der Waals surface area contributed by atoms with Gasteiger partial charge < -0.3 is 10.3 Å². The zero-order chi connectivity index (χ0) is 18.8. The van der Waals surface area contributed by atoms with Crippen LogP contribution in [0.3, 0.4) is 0 Å². The molecule has 1 aliphatic rings. The highest BCUT2D eigenvalue weighted by atomic mass is 14.9. The molecule has 0 saturated carbocycles. The van der Waals surface area contributed by atoms with Crippen molar-refractivity contribution < 1.29 is 5.32 Å². The van der Waals surface area contributed by atoms with Gasteiger partial charge in [0.1, 0.15) is 6.04 Å². The third-order valence-electron chi connectivity index (χ3n) is 6.09. The summed E-state index contributed by atoms with van der Waals surface area (Å²) < 4.78 is 0. The lowest BCUT2D eigenvalue weighted by Gasteiger charge is -2.21. The van der Waals surface area contributed by atoms with Gasteiger partial charge in [0.15, 0.2) is 0 Å². The van der Waals surface area contributed by atoms with E-state index in [1.165, 1.54) is 52.5 Å². The van der Waals surface area contributed by atoms with Crippen LogP contribution in [0.2, 0.25) is 0 Å². The van der Waals surface area contributed by atoms with E-state index in [9.17, 15) is 0 Å². The first kappa shape index (κ1) is 17.3. The Balaban J connectivity index is 1.40. The summed E-state index contributed by atoms with van der Waals surface area (Å²) in [5, 5.41) is 3.95. The topological polar surface area (TPSA) is 32.4 Å². The first-order chi connectivity index (χ1) is 13.9. The molecule has 0 fully saturated rings. The molecule has 3 N–H and O–H groups in total. The van der Waals surface area contributed by atoms with Crippen molar-refractivity contribution in [2.45, 2.75) is 31.7 Å². The summed E-state index contributed by atoms with van der Waals surface area (Å²) in [5.74, 6) is 0. The molecule has 0 aliphatic heterocycles. The van der Waals surface area contributed by atoms with Crippen LogP contribution < -0.4 is 5.32 Å². The van der Waals surface area contributed by atoms with E-state index in [1.807, 2.05) is 0 Å². The second-order valence-corrected chi connectivity index (χ2v) is 7.90. The molecule has 0 spiro atoms. The van der Waals surface area contributed by atoms with Gasteiger partial charge in [0.25, 0.3) is 0 Å². The summed E-state index contributed by atoms with van der Waals surface area (Å²) >= 11 is 0. The number of aryl methyl sites for hydroxylation is 1. The monoisotopic (exact) mass is 367 g/mol. The molecule has 2 nitrogen and oxygen atoms in total. The molecule has 5 rings (SSSR count). The van der Waals surface area contributed by atoms with Crippen LogP contribution in [0.1, 0.15) is 35.7 Å². The molecule has 0 amide bonds. The van der Waals surface area contributed by atoms with Crippen LogP contribution in [0.5, 0.6) is 0 Å². The number of aromatic nitrogens is 1. The van der Waals surface area contributed by atoms with E-state index in [1.54, 1.807) is 5.56 Å². The molecule has 1 aliphatic carbocycles. The molecule has 2 heteroatoms. The van der Waals surface area contributed by atoms with Gasteiger partial charge in [-0.3, -0.25) is 0 Å². The molecule has 0 radical (unpaired) electrons. The number of hydrogen-bond donors (Lipinski definition) is 2. The van der Waals surface area contributed by atoms with E-state index >= 15 is 0 Å². The van der Waals surface area contributed by atoms with E-state index in [2.05, 4.69) is 89.2 Å². The van der Waals surface area contributed by atoms with Crippen LogP contribution in [-0.4, -0.2) is 11.5 Å². The van der Waals surface area contributed by atoms with Gasteiger partial charge in [-0.1, -0.05) is 66.7 Å². The summed E-state index contributed by atoms with van der Waals surface area (Å²) in [6, 6.07) is 29.0. The van der Waals surface area contributed by atoms with Gasteiger partial charge in [-0.25, -0.2) is 0 Å². The van der Waals surface area contributed by atoms with E-state index in [0.29, 0.717) is 6.04 Å². The zero-order valence-electron chi connectivity index (χ0n) is 16.2. The van der Waals surface area contributed by atoms with Crippen molar-refractivity contribution in [2.24, 2.45) is 0 Å². The summed E-state index contributed by atoms with van der Waals surface area (Å²) in [6.45, 7) is 1.14. The van der Waals surface area contributed by atoms with Crippen LogP contribution in [-0.2, 0) is 12.8 Å². The number of hydrogen-bond acceptors (Lipinski definition) is 0. The molecule has 140 valence electrons. The molecule has 0 unspecified atom stereocenters. The van der Waals surface area contributed by atoms with E-state index in [0.717, 1.165) is 13.0 Å². The van der Waals surface area contributed by atoms with Crippen LogP contribution in [0.15, 0.2) is 78.9 Å². The Morgan fingerprint density at radius 2 is 1.64 bits per heavy atom. The predicted octanol–water partition coefficient (Wildman–Crippen LogP) is 5.02. The van der Waals surface area contributed by atoms with Crippen LogP contribution in [0.25, 0.3) is 22.0 Å². The van der Waals surface area contributed by atoms with Crippen molar-refractivity contribution in [3.63, 3.8) is 0 Å². The normalized spacial score (nSPS) is 16.2. The molecule has 1 atom stereocenters. The highest BCUT2D eigenvalue weighted by Crippen LogP contribution is 2.35.